The SMILES string of the molecule is N#C/C(=C(\O)C(F)(F)F)c1nnc2n1CCCCC2. The molecule has 1 aromatic rings. The average molecular weight is 272 g/mol. The molecule has 102 valence electrons. The van der Waals surface area contributed by atoms with Crippen molar-refractivity contribution in [1.82, 2.24) is 14.8 Å². The number of nitrogens with zero attached hydrogens (tertiary/aromatic N) is 4. The number of allylic oxidation sites excluding steroid dienone is 2. The number of aliphatic hydroxyl groups is 1. The Balaban J connectivity index is 2.52. The fraction of sp³-hybridized carbons (Fsp3) is 0.545. The number of aryl methyl sites for hydroxylation is 1. The Morgan fingerprint density at radius 1 is 1.26 bits per heavy atom. The maximum Gasteiger partial charge on any atom is 0.450 e. The van der Waals surface area contributed by atoms with Gasteiger partial charge in [0.25, 0.3) is 0 Å². The smallest absolute Gasteiger partial charge is 0.450 e. The molecule has 1 aliphatic heterocycles. The minimum absolute atomic E-state index is 0.214. The number of alkyl halides is 3. The van der Waals surface area contributed by atoms with E-state index in [1.54, 1.807) is 0 Å². The van der Waals surface area contributed by atoms with Gasteiger partial charge in [0.05, 0.1) is 0 Å². The topological polar surface area (TPSA) is 74.7 Å². The van der Waals surface area contributed by atoms with E-state index in [1.165, 1.54) is 10.6 Å². The number of rotatable bonds is 1. The van der Waals surface area contributed by atoms with Crippen molar-refractivity contribution in [3.63, 3.8) is 0 Å². The highest BCUT2D eigenvalue weighted by Gasteiger charge is 2.38. The molecule has 0 unspecified atom stereocenters. The van der Waals surface area contributed by atoms with Crippen LogP contribution in [0.15, 0.2) is 5.76 Å². The summed E-state index contributed by atoms with van der Waals surface area (Å²) < 4.78 is 38.9. The van der Waals surface area contributed by atoms with Crippen LogP contribution in [0.5, 0.6) is 0 Å². The first-order valence-electron chi connectivity index (χ1n) is 5.78. The lowest BCUT2D eigenvalue weighted by Gasteiger charge is -2.09. The van der Waals surface area contributed by atoms with Gasteiger partial charge in [-0.05, 0) is 12.8 Å². The highest BCUT2D eigenvalue weighted by molar-refractivity contribution is 5.75. The quantitative estimate of drug-likeness (QED) is 0.629. The van der Waals surface area contributed by atoms with E-state index in [9.17, 15) is 13.2 Å². The Labute approximate surface area is 107 Å². The van der Waals surface area contributed by atoms with Gasteiger partial charge in [-0.3, -0.25) is 0 Å². The van der Waals surface area contributed by atoms with E-state index in [-0.39, 0.29) is 5.82 Å². The van der Waals surface area contributed by atoms with Crippen molar-refractivity contribution in [3.05, 3.63) is 17.4 Å². The van der Waals surface area contributed by atoms with Crippen LogP contribution in [0.2, 0.25) is 0 Å². The molecule has 1 N–H and O–H groups in total. The Hall–Kier alpha value is -2.04. The maximum atomic E-state index is 12.5. The summed E-state index contributed by atoms with van der Waals surface area (Å²) in [5.74, 6) is -1.58. The van der Waals surface area contributed by atoms with Crippen LogP contribution in [0, 0.1) is 11.3 Å². The largest absolute Gasteiger partial charge is 0.503 e. The predicted molar refractivity (Wildman–Crippen MR) is 58.8 cm³/mol. The molecule has 1 aromatic heterocycles. The lowest BCUT2D eigenvalue weighted by atomic mass is 10.2. The summed E-state index contributed by atoms with van der Waals surface area (Å²) in [6, 6.07) is 1.37. The molecule has 0 amide bonds. The lowest BCUT2D eigenvalue weighted by molar-refractivity contribution is -0.119. The van der Waals surface area contributed by atoms with Gasteiger partial charge in [-0.15, -0.1) is 10.2 Å². The summed E-state index contributed by atoms with van der Waals surface area (Å²) in [6.45, 7) is 0.452. The first-order chi connectivity index (χ1) is 8.95. The summed E-state index contributed by atoms with van der Waals surface area (Å²) in [7, 11) is 0. The molecule has 1 aliphatic rings. The monoisotopic (exact) mass is 272 g/mol. The zero-order chi connectivity index (χ0) is 14.0. The van der Waals surface area contributed by atoms with Crippen LogP contribution in [-0.2, 0) is 13.0 Å². The van der Waals surface area contributed by atoms with Gasteiger partial charge in [-0.2, -0.15) is 18.4 Å². The molecule has 0 aromatic carbocycles. The fourth-order valence-electron chi connectivity index (χ4n) is 2.02. The highest BCUT2D eigenvalue weighted by atomic mass is 19.4. The van der Waals surface area contributed by atoms with Crippen molar-refractivity contribution in [2.24, 2.45) is 0 Å². The maximum absolute atomic E-state index is 12.5. The lowest BCUT2D eigenvalue weighted by Crippen LogP contribution is -2.15. The van der Waals surface area contributed by atoms with Crippen molar-refractivity contribution in [2.75, 3.05) is 0 Å². The molecule has 0 spiro atoms. The van der Waals surface area contributed by atoms with E-state index in [4.69, 9.17) is 10.4 Å². The van der Waals surface area contributed by atoms with E-state index in [0.29, 0.717) is 18.8 Å². The van der Waals surface area contributed by atoms with Gasteiger partial charge < -0.3 is 9.67 Å². The number of hydrogen-bond acceptors (Lipinski definition) is 4. The van der Waals surface area contributed by atoms with E-state index in [2.05, 4.69) is 10.2 Å². The van der Waals surface area contributed by atoms with E-state index >= 15 is 0 Å². The van der Waals surface area contributed by atoms with Crippen LogP contribution in [0.4, 0.5) is 13.2 Å². The first kappa shape index (κ1) is 13.4. The summed E-state index contributed by atoms with van der Waals surface area (Å²) in [5, 5.41) is 25.4. The molecule has 2 heterocycles. The van der Waals surface area contributed by atoms with E-state index < -0.39 is 17.5 Å². The number of halogens is 3. The van der Waals surface area contributed by atoms with Gasteiger partial charge in [-0.25, -0.2) is 0 Å². The molecule has 0 aliphatic carbocycles. The number of hydrogen-bond donors (Lipinski definition) is 1. The van der Waals surface area contributed by atoms with E-state index in [1.807, 2.05) is 0 Å². The van der Waals surface area contributed by atoms with Crippen molar-refractivity contribution < 1.29 is 18.3 Å². The molecule has 0 saturated carbocycles. The fourth-order valence-corrected chi connectivity index (χ4v) is 2.02. The molecule has 0 radical (unpaired) electrons. The first-order valence-corrected chi connectivity index (χ1v) is 5.78. The number of fused-ring (bicyclic) bond motifs is 1. The highest BCUT2D eigenvalue weighted by Crippen LogP contribution is 2.30. The van der Waals surface area contributed by atoms with Crippen LogP contribution < -0.4 is 0 Å². The van der Waals surface area contributed by atoms with Gasteiger partial charge in [-0.1, -0.05) is 6.42 Å². The predicted octanol–water partition coefficient (Wildman–Crippen LogP) is 2.36. The van der Waals surface area contributed by atoms with Gasteiger partial charge in [0.2, 0.25) is 5.76 Å². The van der Waals surface area contributed by atoms with Gasteiger partial charge >= 0.3 is 6.18 Å². The normalized spacial score (nSPS) is 17.2. The minimum Gasteiger partial charge on any atom is -0.503 e. The molecule has 0 saturated heterocycles. The second kappa shape index (κ2) is 4.91. The van der Waals surface area contributed by atoms with Gasteiger partial charge in [0.1, 0.15) is 17.5 Å². The third kappa shape index (κ3) is 2.54. The molecule has 0 fully saturated rings. The molecule has 2 rings (SSSR count). The Kier molecular flexibility index (Phi) is 3.46. The molecule has 8 heteroatoms. The van der Waals surface area contributed by atoms with Crippen molar-refractivity contribution in [3.8, 4) is 6.07 Å². The molecule has 0 bridgehead atoms. The molecular formula is C11H11F3N4O. The zero-order valence-electron chi connectivity index (χ0n) is 9.91. The van der Waals surface area contributed by atoms with E-state index in [0.717, 1.165) is 19.3 Å². The third-order valence-corrected chi connectivity index (χ3v) is 2.95. The van der Waals surface area contributed by atoms with Crippen LogP contribution in [-0.4, -0.2) is 26.0 Å². The van der Waals surface area contributed by atoms with Crippen molar-refractivity contribution in [1.29, 1.82) is 5.26 Å². The molecule has 19 heavy (non-hydrogen) atoms. The van der Waals surface area contributed by atoms with Gasteiger partial charge in [0.15, 0.2) is 5.82 Å². The van der Waals surface area contributed by atoms with Crippen LogP contribution >= 0.6 is 0 Å². The number of aromatic nitrogens is 3. The Morgan fingerprint density at radius 2 is 2.00 bits per heavy atom. The van der Waals surface area contributed by atoms with Crippen LogP contribution in [0.3, 0.4) is 0 Å². The minimum atomic E-state index is -4.97. The number of aliphatic hydroxyl groups excluding tert-OH is 1. The molecule has 0 atom stereocenters. The van der Waals surface area contributed by atoms with Crippen molar-refractivity contribution in [2.45, 2.75) is 38.4 Å². The van der Waals surface area contributed by atoms with Crippen LogP contribution in [0.25, 0.3) is 5.57 Å². The summed E-state index contributed by atoms with van der Waals surface area (Å²) >= 11 is 0. The average Bonchev–Trinajstić information content (AvgIpc) is 2.59. The molecular weight excluding hydrogens is 261 g/mol. The third-order valence-electron chi connectivity index (χ3n) is 2.95. The summed E-state index contributed by atoms with van der Waals surface area (Å²) in [5.41, 5.74) is -0.881. The Bertz CT molecular complexity index is 553. The van der Waals surface area contributed by atoms with Crippen molar-refractivity contribution >= 4 is 5.57 Å². The number of nitriles is 1. The Morgan fingerprint density at radius 3 is 2.63 bits per heavy atom. The second-order valence-electron chi connectivity index (χ2n) is 4.24. The summed E-state index contributed by atoms with van der Waals surface area (Å²) in [6.07, 6.45) is -1.75. The van der Waals surface area contributed by atoms with Gasteiger partial charge in [0, 0.05) is 13.0 Å². The standard InChI is InChI=1S/C11H11F3N4O/c12-11(13,14)9(19)7(6-15)10-17-16-8-4-2-1-3-5-18(8)10/h19H,1-5H2/b9-7+. The summed E-state index contributed by atoms with van der Waals surface area (Å²) in [4.78, 5) is 0. The second-order valence-corrected chi connectivity index (χ2v) is 4.24. The zero-order valence-corrected chi connectivity index (χ0v) is 9.91. The van der Waals surface area contributed by atoms with Crippen LogP contribution in [0.1, 0.15) is 30.9 Å². The molecule has 5 nitrogen and oxygen atoms in total.